The molecule has 0 unspecified atom stereocenters. The van der Waals surface area contributed by atoms with Crippen molar-refractivity contribution in [3.63, 3.8) is 0 Å². The average molecular weight is 194 g/mol. The molecule has 0 aliphatic heterocycles. The first kappa shape index (κ1) is 11.0. The molecule has 0 fully saturated rings. The van der Waals surface area contributed by atoms with E-state index in [9.17, 15) is 0 Å². The monoisotopic (exact) mass is 194 g/mol. The molecule has 0 saturated heterocycles. The molecule has 0 radical (unpaired) electrons. The highest BCUT2D eigenvalue weighted by molar-refractivity contribution is 5.09. The van der Waals surface area contributed by atoms with Gasteiger partial charge in [0.05, 0.1) is 12.3 Å². The van der Waals surface area contributed by atoms with Crippen molar-refractivity contribution in [2.24, 2.45) is 0 Å². The van der Waals surface area contributed by atoms with Gasteiger partial charge in [0.1, 0.15) is 0 Å². The highest BCUT2D eigenvalue weighted by Crippen LogP contribution is 2.06. The maximum Gasteiger partial charge on any atom is 0.233 e. The summed E-state index contributed by atoms with van der Waals surface area (Å²) in [5, 5.41) is 7.84. The molecule has 3 nitrogen and oxygen atoms in total. The molecule has 14 heavy (non-hydrogen) atoms. The second-order valence-corrected chi connectivity index (χ2v) is 3.42. The minimum Gasteiger partial charge on any atom is -0.477 e. The van der Waals surface area contributed by atoms with Gasteiger partial charge in [-0.05, 0) is 19.4 Å². The molecule has 1 heterocycles. The van der Waals surface area contributed by atoms with Gasteiger partial charge in [-0.2, -0.15) is 5.10 Å². The molecule has 1 rings (SSSR count). The van der Waals surface area contributed by atoms with Crippen LogP contribution in [0.15, 0.2) is 12.1 Å². The summed E-state index contributed by atoms with van der Waals surface area (Å²) in [4.78, 5) is 0. The van der Waals surface area contributed by atoms with Gasteiger partial charge < -0.3 is 4.74 Å². The first-order valence-corrected chi connectivity index (χ1v) is 5.26. The zero-order chi connectivity index (χ0) is 10.2. The Balaban J connectivity index is 2.15. The lowest BCUT2D eigenvalue weighted by Crippen LogP contribution is -2.00. The number of hydrogen-bond donors (Lipinski definition) is 0. The van der Waals surface area contributed by atoms with Gasteiger partial charge in [0.2, 0.25) is 5.88 Å². The smallest absolute Gasteiger partial charge is 0.233 e. The number of nitrogens with zero attached hydrogens (tertiary/aromatic N) is 2. The van der Waals surface area contributed by atoms with Crippen molar-refractivity contribution >= 4 is 0 Å². The molecule has 0 saturated carbocycles. The zero-order valence-electron chi connectivity index (χ0n) is 8.99. The van der Waals surface area contributed by atoms with Crippen LogP contribution in [0.2, 0.25) is 0 Å². The van der Waals surface area contributed by atoms with Gasteiger partial charge in [-0.3, -0.25) is 0 Å². The van der Waals surface area contributed by atoms with Crippen LogP contribution in [0.4, 0.5) is 0 Å². The third-order valence-electron chi connectivity index (χ3n) is 2.02. The minimum atomic E-state index is 0.632. The molecule has 0 N–H and O–H groups in total. The molecule has 0 amide bonds. The van der Waals surface area contributed by atoms with E-state index in [4.69, 9.17) is 4.74 Å². The summed E-state index contributed by atoms with van der Waals surface area (Å²) >= 11 is 0. The molecule has 78 valence electrons. The number of aryl methyl sites for hydroxylation is 1. The molecule has 0 aromatic carbocycles. The number of rotatable bonds is 6. The zero-order valence-corrected chi connectivity index (χ0v) is 8.99. The number of unbranched alkanes of at least 4 members (excludes halogenated alkanes) is 3. The van der Waals surface area contributed by atoms with E-state index in [1.807, 2.05) is 19.1 Å². The lowest BCUT2D eigenvalue weighted by molar-refractivity contribution is 0.290. The third-order valence-corrected chi connectivity index (χ3v) is 2.02. The molecular weight excluding hydrogens is 176 g/mol. The minimum absolute atomic E-state index is 0.632. The van der Waals surface area contributed by atoms with Gasteiger partial charge in [0, 0.05) is 6.07 Å². The number of hydrogen-bond acceptors (Lipinski definition) is 3. The van der Waals surface area contributed by atoms with Crippen LogP contribution in [0, 0.1) is 6.92 Å². The lowest BCUT2D eigenvalue weighted by Gasteiger charge is -2.03. The maximum absolute atomic E-state index is 5.43. The normalized spacial score (nSPS) is 10.1. The summed E-state index contributed by atoms with van der Waals surface area (Å²) < 4.78 is 5.43. The quantitative estimate of drug-likeness (QED) is 0.653. The molecular formula is C11H18N2O. The van der Waals surface area contributed by atoms with Crippen molar-refractivity contribution in [3.05, 3.63) is 17.8 Å². The largest absolute Gasteiger partial charge is 0.477 e. The van der Waals surface area contributed by atoms with Crippen molar-refractivity contribution in [2.45, 2.75) is 39.5 Å². The van der Waals surface area contributed by atoms with Gasteiger partial charge in [-0.1, -0.05) is 26.2 Å². The predicted molar refractivity (Wildman–Crippen MR) is 56.4 cm³/mol. The summed E-state index contributed by atoms with van der Waals surface area (Å²) in [7, 11) is 0. The Bertz CT molecular complexity index is 246. The number of aromatic nitrogens is 2. The van der Waals surface area contributed by atoms with Crippen molar-refractivity contribution in [1.29, 1.82) is 0 Å². The molecule has 0 aliphatic rings. The first-order valence-electron chi connectivity index (χ1n) is 5.26. The van der Waals surface area contributed by atoms with Crippen LogP contribution in [0.1, 0.15) is 38.3 Å². The van der Waals surface area contributed by atoms with E-state index in [-0.39, 0.29) is 0 Å². The lowest BCUT2D eigenvalue weighted by atomic mass is 10.2. The van der Waals surface area contributed by atoms with Gasteiger partial charge in [-0.25, -0.2) is 0 Å². The Morgan fingerprint density at radius 2 is 2.00 bits per heavy atom. The summed E-state index contributed by atoms with van der Waals surface area (Å²) in [6.07, 6.45) is 4.87. The van der Waals surface area contributed by atoms with Crippen LogP contribution in [-0.2, 0) is 0 Å². The van der Waals surface area contributed by atoms with Crippen molar-refractivity contribution in [1.82, 2.24) is 10.2 Å². The third kappa shape index (κ3) is 4.21. The fourth-order valence-electron chi connectivity index (χ4n) is 1.17. The van der Waals surface area contributed by atoms with Crippen LogP contribution in [0.25, 0.3) is 0 Å². The molecule has 0 atom stereocenters. The van der Waals surface area contributed by atoms with Gasteiger partial charge in [0.25, 0.3) is 0 Å². The average Bonchev–Trinajstić information content (AvgIpc) is 2.21. The second kappa shape index (κ2) is 6.35. The van der Waals surface area contributed by atoms with E-state index >= 15 is 0 Å². The molecule has 0 spiro atoms. The molecule has 0 bridgehead atoms. The summed E-state index contributed by atoms with van der Waals surface area (Å²) in [5.41, 5.74) is 0.920. The Kier molecular flexibility index (Phi) is 4.97. The van der Waals surface area contributed by atoms with E-state index in [1.165, 1.54) is 19.3 Å². The Morgan fingerprint density at radius 1 is 1.14 bits per heavy atom. The predicted octanol–water partition coefficient (Wildman–Crippen LogP) is 2.74. The Morgan fingerprint density at radius 3 is 2.64 bits per heavy atom. The van der Waals surface area contributed by atoms with Crippen LogP contribution in [-0.4, -0.2) is 16.8 Å². The summed E-state index contributed by atoms with van der Waals surface area (Å²) in [6, 6.07) is 3.77. The fraction of sp³-hybridized carbons (Fsp3) is 0.636. The van der Waals surface area contributed by atoms with Gasteiger partial charge in [-0.15, -0.1) is 5.10 Å². The number of ether oxygens (including phenoxy) is 1. The van der Waals surface area contributed by atoms with E-state index in [0.29, 0.717) is 5.88 Å². The molecule has 0 aliphatic carbocycles. The highest BCUT2D eigenvalue weighted by Gasteiger charge is 1.95. The van der Waals surface area contributed by atoms with Crippen molar-refractivity contribution < 1.29 is 4.74 Å². The van der Waals surface area contributed by atoms with Gasteiger partial charge in [0.15, 0.2) is 0 Å². The summed E-state index contributed by atoms with van der Waals surface area (Å²) in [6.45, 7) is 4.86. The van der Waals surface area contributed by atoms with Crippen molar-refractivity contribution in [2.75, 3.05) is 6.61 Å². The first-order chi connectivity index (χ1) is 6.83. The van der Waals surface area contributed by atoms with E-state index in [0.717, 1.165) is 18.7 Å². The van der Waals surface area contributed by atoms with E-state index < -0.39 is 0 Å². The highest BCUT2D eigenvalue weighted by atomic mass is 16.5. The SMILES string of the molecule is CCCCCCOc1ccc(C)nn1. The maximum atomic E-state index is 5.43. The van der Waals surface area contributed by atoms with Crippen LogP contribution >= 0.6 is 0 Å². The van der Waals surface area contributed by atoms with E-state index in [2.05, 4.69) is 17.1 Å². The molecule has 3 heteroatoms. The van der Waals surface area contributed by atoms with E-state index in [1.54, 1.807) is 0 Å². The van der Waals surface area contributed by atoms with Gasteiger partial charge >= 0.3 is 0 Å². The Hall–Kier alpha value is -1.12. The van der Waals surface area contributed by atoms with Crippen molar-refractivity contribution in [3.8, 4) is 5.88 Å². The fourth-order valence-corrected chi connectivity index (χ4v) is 1.17. The van der Waals surface area contributed by atoms with Crippen LogP contribution in [0.5, 0.6) is 5.88 Å². The topological polar surface area (TPSA) is 35.0 Å². The second-order valence-electron chi connectivity index (χ2n) is 3.42. The van der Waals surface area contributed by atoms with Crippen LogP contribution < -0.4 is 4.74 Å². The molecule has 1 aromatic rings. The Labute approximate surface area is 85.5 Å². The summed E-state index contributed by atoms with van der Waals surface area (Å²) in [5.74, 6) is 0.632. The standard InChI is InChI=1S/C11H18N2O/c1-3-4-5-6-9-14-11-8-7-10(2)12-13-11/h7-8H,3-6,9H2,1-2H3. The van der Waals surface area contributed by atoms with Crippen LogP contribution in [0.3, 0.4) is 0 Å². The molecule has 1 aromatic heterocycles.